The molecule has 35 heavy (non-hydrogen) atoms. The number of likely N-dealkylation sites (tertiary alicyclic amines) is 1. The molecule has 1 aromatic heterocycles. The minimum atomic E-state index is -1.13. The standard InChI is InChI=1S/C25H29ClN4O5/c26-19-3-1-2-17(13-19)24(33)28-21-14-18(25(34)35)15-27-23(21)30-8-4-16(5-9-30)12-22(32)29-10-6-20(31)7-11-29/h1-3,13-16,20,31H,4-12H2,(H,28,33)(H,34,35). The van der Waals surface area contributed by atoms with E-state index in [9.17, 15) is 24.6 Å². The molecule has 0 aliphatic carbocycles. The van der Waals surface area contributed by atoms with Gasteiger partial charge in [-0.05, 0) is 55.9 Å². The Labute approximate surface area is 208 Å². The molecule has 2 aliphatic heterocycles. The highest BCUT2D eigenvalue weighted by Crippen LogP contribution is 2.31. The molecule has 4 rings (SSSR count). The van der Waals surface area contributed by atoms with E-state index in [2.05, 4.69) is 10.3 Å². The number of halogens is 1. The van der Waals surface area contributed by atoms with Crippen LogP contribution in [0.2, 0.25) is 5.02 Å². The van der Waals surface area contributed by atoms with Gasteiger partial charge in [0, 0.05) is 49.4 Å². The average Bonchev–Trinajstić information content (AvgIpc) is 2.85. The van der Waals surface area contributed by atoms with Crippen molar-refractivity contribution in [2.24, 2.45) is 5.92 Å². The van der Waals surface area contributed by atoms with E-state index in [-0.39, 0.29) is 23.5 Å². The lowest BCUT2D eigenvalue weighted by Gasteiger charge is -2.35. The number of nitrogens with one attached hydrogen (secondary N) is 1. The third-order valence-electron chi connectivity index (χ3n) is 6.64. The van der Waals surface area contributed by atoms with Crippen LogP contribution in [0.15, 0.2) is 36.5 Å². The number of carboxylic acids is 1. The second-order valence-corrected chi connectivity index (χ2v) is 9.55. The van der Waals surface area contributed by atoms with Crippen molar-refractivity contribution < 1.29 is 24.6 Å². The summed E-state index contributed by atoms with van der Waals surface area (Å²) in [7, 11) is 0. The summed E-state index contributed by atoms with van der Waals surface area (Å²) >= 11 is 6.00. The van der Waals surface area contributed by atoms with E-state index in [0.29, 0.717) is 67.5 Å². The first kappa shape index (κ1) is 24.9. The van der Waals surface area contributed by atoms with E-state index in [1.54, 1.807) is 18.2 Å². The molecule has 0 saturated carbocycles. The summed E-state index contributed by atoms with van der Waals surface area (Å²) in [5.41, 5.74) is 0.644. The van der Waals surface area contributed by atoms with E-state index in [1.807, 2.05) is 9.80 Å². The van der Waals surface area contributed by atoms with Crippen molar-refractivity contribution in [3.8, 4) is 0 Å². The van der Waals surface area contributed by atoms with Crippen LogP contribution in [-0.4, -0.2) is 70.2 Å². The van der Waals surface area contributed by atoms with Gasteiger partial charge in [0.15, 0.2) is 5.82 Å². The Morgan fingerprint density at radius 3 is 2.40 bits per heavy atom. The molecular weight excluding hydrogens is 472 g/mol. The lowest BCUT2D eigenvalue weighted by Crippen LogP contribution is -2.42. The van der Waals surface area contributed by atoms with Crippen molar-refractivity contribution in [3.63, 3.8) is 0 Å². The molecule has 0 bridgehead atoms. The molecule has 10 heteroatoms. The van der Waals surface area contributed by atoms with Crippen molar-refractivity contribution in [3.05, 3.63) is 52.7 Å². The Kier molecular flexibility index (Phi) is 7.87. The zero-order valence-corrected chi connectivity index (χ0v) is 20.1. The van der Waals surface area contributed by atoms with Gasteiger partial charge in [-0.1, -0.05) is 17.7 Å². The summed E-state index contributed by atoms with van der Waals surface area (Å²) in [5.74, 6) is -0.669. The summed E-state index contributed by atoms with van der Waals surface area (Å²) in [5, 5.41) is 22.3. The smallest absolute Gasteiger partial charge is 0.337 e. The van der Waals surface area contributed by atoms with Crippen LogP contribution in [-0.2, 0) is 4.79 Å². The second kappa shape index (κ2) is 11.0. The number of pyridine rings is 1. The number of benzene rings is 1. The Hall–Kier alpha value is -3.17. The summed E-state index contributed by atoms with van der Waals surface area (Å²) in [6.45, 7) is 2.48. The summed E-state index contributed by atoms with van der Waals surface area (Å²) in [6.07, 6.45) is 4.28. The number of carboxylic acid groups (broad SMARTS) is 1. The molecule has 3 heterocycles. The maximum Gasteiger partial charge on any atom is 0.337 e. The first-order valence-electron chi connectivity index (χ1n) is 11.8. The Balaban J connectivity index is 1.42. The van der Waals surface area contributed by atoms with Crippen LogP contribution in [0.5, 0.6) is 0 Å². The number of rotatable bonds is 6. The summed E-state index contributed by atoms with van der Waals surface area (Å²) < 4.78 is 0. The molecule has 0 unspecified atom stereocenters. The fourth-order valence-corrected chi connectivity index (χ4v) is 4.77. The number of aromatic carboxylic acids is 1. The molecular formula is C25H29ClN4O5. The quantitative estimate of drug-likeness (QED) is 0.556. The molecule has 0 radical (unpaired) electrons. The first-order valence-corrected chi connectivity index (χ1v) is 12.2. The number of aromatic nitrogens is 1. The van der Waals surface area contributed by atoms with Crippen LogP contribution in [0, 0.1) is 5.92 Å². The van der Waals surface area contributed by atoms with Crippen molar-refractivity contribution >= 4 is 40.9 Å². The van der Waals surface area contributed by atoms with Crippen LogP contribution >= 0.6 is 11.6 Å². The molecule has 3 N–H and O–H groups in total. The number of amides is 2. The third kappa shape index (κ3) is 6.29. The Bertz CT molecular complexity index is 1100. The number of aliphatic hydroxyl groups is 1. The second-order valence-electron chi connectivity index (χ2n) is 9.11. The molecule has 9 nitrogen and oxygen atoms in total. The number of aliphatic hydroxyl groups excluding tert-OH is 1. The number of hydrogen-bond donors (Lipinski definition) is 3. The van der Waals surface area contributed by atoms with Gasteiger partial charge in [0.05, 0.1) is 17.4 Å². The number of piperidine rings is 2. The highest BCUT2D eigenvalue weighted by Gasteiger charge is 2.28. The van der Waals surface area contributed by atoms with Crippen LogP contribution in [0.4, 0.5) is 11.5 Å². The molecule has 2 aromatic rings. The number of hydrogen-bond acceptors (Lipinski definition) is 6. The molecule has 2 aliphatic rings. The van der Waals surface area contributed by atoms with Crippen LogP contribution in [0.25, 0.3) is 0 Å². The van der Waals surface area contributed by atoms with Gasteiger partial charge in [-0.15, -0.1) is 0 Å². The van der Waals surface area contributed by atoms with E-state index in [0.717, 1.165) is 12.8 Å². The van der Waals surface area contributed by atoms with E-state index < -0.39 is 11.9 Å². The number of anilines is 2. The molecule has 1 aromatic carbocycles. The van der Waals surface area contributed by atoms with Gasteiger partial charge in [-0.2, -0.15) is 0 Å². The fraction of sp³-hybridized carbons (Fsp3) is 0.440. The zero-order chi connectivity index (χ0) is 24.9. The van der Waals surface area contributed by atoms with E-state index in [1.165, 1.54) is 18.3 Å². The fourth-order valence-electron chi connectivity index (χ4n) is 4.58. The van der Waals surface area contributed by atoms with Gasteiger partial charge in [0.1, 0.15) is 0 Å². The highest BCUT2D eigenvalue weighted by molar-refractivity contribution is 6.31. The predicted molar refractivity (Wildman–Crippen MR) is 132 cm³/mol. The number of nitrogens with zero attached hydrogens (tertiary/aromatic N) is 3. The van der Waals surface area contributed by atoms with Crippen LogP contribution in [0.1, 0.15) is 52.8 Å². The van der Waals surface area contributed by atoms with Crippen molar-refractivity contribution in [2.75, 3.05) is 36.4 Å². The Morgan fingerprint density at radius 1 is 1.03 bits per heavy atom. The molecule has 2 amide bonds. The lowest BCUT2D eigenvalue weighted by molar-refractivity contribution is -0.134. The normalized spacial score (nSPS) is 17.3. The van der Waals surface area contributed by atoms with Gasteiger partial charge in [-0.25, -0.2) is 9.78 Å². The first-order chi connectivity index (χ1) is 16.8. The van der Waals surface area contributed by atoms with Gasteiger partial charge in [-0.3, -0.25) is 9.59 Å². The minimum Gasteiger partial charge on any atom is -0.478 e. The molecule has 2 saturated heterocycles. The number of carbonyl (C=O) groups is 3. The molecule has 0 atom stereocenters. The van der Waals surface area contributed by atoms with Crippen molar-refractivity contribution in [2.45, 2.75) is 38.2 Å². The Morgan fingerprint density at radius 2 is 1.74 bits per heavy atom. The molecule has 2 fully saturated rings. The van der Waals surface area contributed by atoms with Gasteiger partial charge in [0.25, 0.3) is 5.91 Å². The van der Waals surface area contributed by atoms with Gasteiger partial charge >= 0.3 is 5.97 Å². The maximum absolute atomic E-state index is 12.8. The summed E-state index contributed by atoms with van der Waals surface area (Å²) in [4.78, 5) is 45.2. The lowest BCUT2D eigenvalue weighted by atomic mass is 9.92. The van der Waals surface area contributed by atoms with Gasteiger partial charge in [0.2, 0.25) is 5.91 Å². The van der Waals surface area contributed by atoms with Crippen LogP contribution < -0.4 is 10.2 Å². The minimum absolute atomic E-state index is 0.0257. The predicted octanol–water partition coefficient (Wildman–Crippen LogP) is 3.28. The third-order valence-corrected chi connectivity index (χ3v) is 6.88. The van der Waals surface area contributed by atoms with Crippen molar-refractivity contribution in [1.29, 1.82) is 0 Å². The topological polar surface area (TPSA) is 123 Å². The SMILES string of the molecule is O=C(O)c1cnc(N2CCC(CC(=O)N3CCC(O)CC3)CC2)c(NC(=O)c2cccc(Cl)c2)c1. The highest BCUT2D eigenvalue weighted by atomic mass is 35.5. The van der Waals surface area contributed by atoms with Crippen LogP contribution in [0.3, 0.4) is 0 Å². The van der Waals surface area contributed by atoms with E-state index in [4.69, 9.17) is 11.6 Å². The number of carbonyl (C=O) groups excluding carboxylic acids is 2. The summed E-state index contributed by atoms with van der Waals surface area (Å²) in [6, 6.07) is 7.91. The van der Waals surface area contributed by atoms with Gasteiger partial charge < -0.3 is 25.3 Å². The largest absolute Gasteiger partial charge is 0.478 e. The van der Waals surface area contributed by atoms with E-state index >= 15 is 0 Å². The zero-order valence-electron chi connectivity index (χ0n) is 19.3. The molecule has 186 valence electrons. The maximum atomic E-state index is 12.8. The average molecular weight is 501 g/mol. The monoisotopic (exact) mass is 500 g/mol. The van der Waals surface area contributed by atoms with Crippen molar-refractivity contribution in [1.82, 2.24) is 9.88 Å². The molecule has 0 spiro atoms.